The zero-order valence-electron chi connectivity index (χ0n) is 9.92. The number of rotatable bonds is 3. The predicted molar refractivity (Wildman–Crippen MR) is 69.6 cm³/mol. The highest BCUT2D eigenvalue weighted by molar-refractivity contribution is 5.58. The van der Waals surface area contributed by atoms with E-state index in [4.69, 9.17) is 0 Å². The number of allylic oxidation sites excluding steroid dienone is 2. The lowest BCUT2D eigenvalue weighted by Gasteiger charge is -2.22. The molecule has 0 spiro atoms. The first-order valence-corrected chi connectivity index (χ1v) is 6.00. The average Bonchev–Trinajstić information content (AvgIpc) is 2.69. The lowest BCUT2D eigenvalue weighted by Crippen LogP contribution is -2.28. The molecule has 0 saturated carbocycles. The third kappa shape index (κ3) is 2.27. The second kappa shape index (κ2) is 5.17. The second-order valence-electron chi connectivity index (χ2n) is 4.42. The summed E-state index contributed by atoms with van der Waals surface area (Å²) in [4.78, 5) is 3.33. The van der Waals surface area contributed by atoms with E-state index < -0.39 is 0 Å². The predicted octanol–water partition coefficient (Wildman–Crippen LogP) is 2.99. The normalized spacial score (nSPS) is 21.4. The van der Waals surface area contributed by atoms with Crippen LogP contribution in [-0.4, -0.2) is 18.1 Å². The highest BCUT2D eigenvalue weighted by Gasteiger charge is 2.19. The maximum Gasteiger partial charge on any atom is 0.0192 e. The van der Waals surface area contributed by atoms with Gasteiger partial charge < -0.3 is 10.3 Å². The molecule has 1 aliphatic rings. The third-order valence-electron chi connectivity index (χ3n) is 3.29. The molecule has 1 saturated heterocycles. The van der Waals surface area contributed by atoms with E-state index in [2.05, 4.69) is 36.1 Å². The average molecular weight is 216 g/mol. The Morgan fingerprint density at radius 2 is 2.38 bits per heavy atom. The molecular formula is C14H20N2. The molecule has 0 bridgehead atoms. The van der Waals surface area contributed by atoms with E-state index >= 15 is 0 Å². The van der Waals surface area contributed by atoms with E-state index in [1.54, 1.807) is 0 Å². The Balaban J connectivity index is 2.25. The van der Waals surface area contributed by atoms with Crippen LogP contribution < -0.4 is 5.32 Å². The van der Waals surface area contributed by atoms with Crippen molar-refractivity contribution in [3.8, 4) is 0 Å². The second-order valence-corrected chi connectivity index (χ2v) is 4.42. The monoisotopic (exact) mass is 216 g/mol. The molecule has 1 unspecified atom stereocenters. The fourth-order valence-electron chi connectivity index (χ4n) is 2.40. The van der Waals surface area contributed by atoms with Crippen LogP contribution in [0.5, 0.6) is 0 Å². The van der Waals surface area contributed by atoms with Crippen molar-refractivity contribution in [2.75, 3.05) is 13.1 Å². The van der Waals surface area contributed by atoms with Gasteiger partial charge in [-0.15, -0.1) is 0 Å². The van der Waals surface area contributed by atoms with Crippen molar-refractivity contribution in [3.05, 3.63) is 41.7 Å². The first-order chi connectivity index (χ1) is 7.83. The maximum absolute atomic E-state index is 3.72. The van der Waals surface area contributed by atoms with Gasteiger partial charge in [-0.25, -0.2) is 0 Å². The van der Waals surface area contributed by atoms with Gasteiger partial charge >= 0.3 is 0 Å². The molecule has 0 aromatic carbocycles. The summed E-state index contributed by atoms with van der Waals surface area (Å²) in [5.74, 6) is 0.656. The Morgan fingerprint density at radius 3 is 3.06 bits per heavy atom. The van der Waals surface area contributed by atoms with Gasteiger partial charge in [0.25, 0.3) is 0 Å². The van der Waals surface area contributed by atoms with Crippen molar-refractivity contribution in [1.29, 1.82) is 0 Å². The van der Waals surface area contributed by atoms with Crippen molar-refractivity contribution >= 4 is 6.08 Å². The van der Waals surface area contributed by atoms with Crippen LogP contribution in [0, 0.1) is 6.92 Å². The molecule has 1 atom stereocenters. The summed E-state index contributed by atoms with van der Waals surface area (Å²) in [6.45, 7) is 8.12. The molecule has 2 heterocycles. The number of aromatic nitrogens is 1. The van der Waals surface area contributed by atoms with Gasteiger partial charge in [0.2, 0.25) is 0 Å². The molecule has 2 N–H and O–H groups in total. The standard InChI is InChI=1S/C14H20N2/c1-3-4-7-13-11(2)16-10-14(13)12-6-5-8-15-9-12/h3-4,7,10,12,15-16H,1,5-6,8-9H2,2H3/b7-4-. The fourth-order valence-corrected chi connectivity index (χ4v) is 2.40. The first-order valence-electron chi connectivity index (χ1n) is 6.00. The Morgan fingerprint density at radius 1 is 1.50 bits per heavy atom. The molecule has 2 rings (SSSR count). The van der Waals surface area contributed by atoms with Crippen LogP contribution in [0.15, 0.2) is 24.9 Å². The molecule has 0 radical (unpaired) electrons. The number of nitrogens with one attached hydrogen (secondary N) is 2. The summed E-state index contributed by atoms with van der Waals surface area (Å²) in [5, 5.41) is 3.47. The zero-order chi connectivity index (χ0) is 11.4. The number of hydrogen-bond acceptors (Lipinski definition) is 1. The highest BCUT2D eigenvalue weighted by Crippen LogP contribution is 2.28. The molecule has 1 aromatic heterocycles. The highest BCUT2D eigenvalue weighted by atomic mass is 14.9. The van der Waals surface area contributed by atoms with Crippen molar-refractivity contribution in [2.24, 2.45) is 0 Å². The summed E-state index contributed by atoms with van der Waals surface area (Å²) in [6.07, 6.45) is 10.7. The van der Waals surface area contributed by atoms with E-state index in [9.17, 15) is 0 Å². The number of hydrogen-bond donors (Lipinski definition) is 2. The number of H-pyrrole nitrogens is 1. The van der Waals surface area contributed by atoms with Crippen molar-refractivity contribution in [1.82, 2.24) is 10.3 Å². The van der Waals surface area contributed by atoms with E-state index in [-0.39, 0.29) is 0 Å². The Bertz CT molecular complexity index is 381. The quantitative estimate of drug-likeness (QED) is 0.747. The molecule has 2 heteroatoms. The van der Waals surface area contributed by atoms with E-state index in [1.165, 1.54) is 29.7 Å². The number of aryl methyl sites for hydroxylation is 1. The molecule has 1 fully saturated rings. The van der Waals surface area contributed by atoms with Crippen molar-refractivity contribution in [2.45, 2.75) is 25.7 Å². The molecule has 0 aliphatic carbocycles. The molecule has 86 valence electrons. The number of piperidine rings is 1. The molecule has 2 nitrogen and oxygen atoms in total. The topological polar surface area (TPSA) is 27.8 Å². The van der Waals surface area contributed by atoms with Crippen LogP contribution in [0.3, 0.4) is 0 Å². The summed E-state index contributed by atoms with van der Waals surface area (Å²) in [5.41, 5.74) is 4.04. The Kier molecular flexibility index (Phi) is 3.62. The fraction of sp³-hybridized carbons (Fsp3) is 0.429. The first kappa shape index (κ1) is 11.2. The Labute approximate surface area is 97.5 Å². The van der Waals surface area contributed by atoms with Crippen LogP contribution in [0.2, 0.25) is 0 Å². The van der Waals surface area contributed by atoms with Crippen molar-refractivity contribution < 1.29 is 0 Å². The maximum atomic E-state index is 3.72. The molecule has 1 aromatic rings. The molecule has 16 heavy (non-hydrogen) atoms. The van der Waals surface area contributed by atoms with Crippen molar-refractivity contribution in [3.63, 3.8) is 0 Å². The van der Waals surface area contributed by atoms with Gasteiger partial charge in [-0.05, 0) is 43.4 Å². The van der Waals surface area contributed by atoms with Crippen LogP contribution in [0.25, 0.3) is 6.08 Å². The smallest absolute Gasteiger partial charge is 0.0192 e. The van der Waals surface area contributed by atoms with Gasteiger partial charge in [-0.2, -0.15) is 0 Å². The van der Waals surface area contributed by atoms with Gasteiger partial charge in [0, 0.05) is 18.4 Å². The summed E-state index contributed by atoms with van der Waals surface area (Å²) in [6, 6.07) is 0. The third-order valence-corrected chi connectivity index (χ3v) is 3.29. The van der Waals surface area contributed by atoms with Gasteiger partial charge in [0.05, 0.1) is 0 Å². The minimum atomic E-state index is 0.656. The molecule has 0 amide bonds. The largest absolute Gasteiger partial charge is 0.364 e. The van der Waals surface area contributed by atoms with Crippen LogP contribution in [0.1, 0.15) is 35.6 Å². The number of aromatic amines is 1. The van der Waals surface area contributed by atoms with Crippen LogP contribution in [0.4, 0.5) is 0 Å². The van der Waals surface area contributed by atoms with Gasteiger partial charge in [-0.1, -0.05) is 24.8 Å². The van der Waals surface area contributed by atoms with Crippen LogP contribution >= 0.6 is 0 Å². The summed E-state index contributed by atoms with van der Waals surface area (Å²) in [7, 11) is 0. The van der Waals surface area contributed by atoms with E-state index in [0.717, 1.165) is 13.1 Å². The summed E-state index contributed by atoms with van der Waals surface area (Å²) < 4.78 is 0. The van der Waals surface area contributed by atoms with Gasteiger partial charge in [0.1, 0.15) is 0 Å². The zero-order valence-corrected chi connectivity index (χ0v) is 9.92. The minimum absolute atomic E-state index is 0.656. The minimum Gasteiger partial charge on any atom is -0.364 e. The molecule has 1 aliphatic heterocycles. The lowest BCUT2D eigenvalue weighted by molar-refractivity contribution is 0.461. The van der Waals surface area contributed by atoms with E-state index in [1.807, 2.05) is 12.2 Å². The molecular weight excluding hydrogens is 196 g/mol. The Hall–Kier alpha value is -1.28. The van der Waals surface area contributed by atoms with E-state index in [0.29, 0.717) is 5.92 Å². The SMILES string of the molecule is C=C/C=C\c1c(C2CCCNC2)c[nH]c1C. The van der Waals surface area contributed by atoms with Crippen LogP contribution in [-0.2, 0) is 0 Å². The van der Waals surface area contributed by atoms with Gasteiger partial charge in [0.15, 0.2) is 0 Å². The lowest BCUT2D eigenvalue weighted by atomic mass is 9.90. The summed E-state index contributed by atoms with van der Waals surface area (Å²) >= 11 is 0. The van der Waals surface area contributed by atoms with Gasteiger partial charge in [-0.3, -0.25) is 0 Å².